The first-order chi connectivity index (χ1) is 13.0. The van der Waals surface area contributed by atoms with Gasteiger partial charge in [0.1, 0.15) is 5.69 Å². The van der Waals surface area contributed by atoms with Crippen molar-refractivity contribution >= 4 is 17.7 Å². The monoisotopic (exact) mass is 379 g/mol. The van der Waals surface area contributed by atoms with Crippen LogP contribution in [0.5, 0.6) is 0 Å². The maximum atomic E-state index is 10.8. The largest absolute Gasteiger partial charge is 0.481 e. The highest BCUT2D eigenvalue weighted by atomic mass is 32.2. The Bertz CT molecular complexity index is 902. The zero-order valence-corrected chi connectivity index (χ0v) is 16.9. The fourth-order valence-electron chi connectivity index (χ4n) is 3.73. The van der Waals surface area contributed by atoms with Crippen molar-refractivity contribution in [2.75, 3.05) is 5.75 Å². The summed E-state index contributed by atoms with van der Waals surface area (Å²) in [6.45, 7) is 6.69. The number of hydrogen-bond acceptors (Lipinski definition) is 3. The molecule has 0 saturated heterocycles. The molecule has 4 heteroatoms. The quantitative estimate of drug-likeness (QED) is 0.762. The van der Waals surface area contributed by atoms with Gasteiger partial charge in [0.25, 0.3) is 0 Å². The van der Waals surface area contributed by atoms with E-state index in [2.05, 4.69) is 49.7 Å². The second-order valence-electron chi connectivity index (χ2n) is 7.12. The Kier molecular flexibility index (Phi) is 5.92. The van der Waals surface area contributed by atoms with Gasteiger partial charge in [-0.05, 0) is 78.2 Å². The lowest BCUT2D eigenvalue weighted by Gasteiger charge is -2.38. The highest BCUT2D eigenvalue weighted by molar-refractivity contribution is 7.99. The summed E-state index contributed by atoms with van der Waals surface area (Å²) in [5, 5.41) is 8.84. The Morgan fingerprint density at radius 1 is 1.26 bits per heavy atom. The summed E-state index contributed by atoms with van der Waals surface area (Å²) in [4.78, 5) is 16.5. The maximum absolute atomic E-state index is 10.8. The molecular formula is C23H25NO2S. The van der Waals surface area contributed by atoms with E-state index in [-0.39, 0.29) is 11.8 Å². The minimum atomic E-state index is -0.853. The number of fused-ring (bicyclic) bond motifs is 1. The van der Waals surface area contributed by atoms with Crippen LogP contribution in [0.4, 0.5) is 0 Å². The van der Waals surface area contributed by atoms with Crippen molar-refractivity contribution in [3.63, 3.8) is 0 Å². The molecule has 0 fully saturated rings. The molecule has 2 aromatic rings. The van der Waals surface area contributed by atoms with Gasteiger partial charge in [0, 0.05) is 16.7 Å². The second-order valence-corrected chi connectivity index (χ2v) is 8.26. The van der Waals surface area contributed by atoms with E-state index in [0.29, 0.717) is 11.3 Å². The molecular weight excluding hydrogens is 354 g/mol. The number of rotatable bonds is 4. The molecule has 0 bridgehead atoms. The Hall–Kier alpha value is -2.25. The van der Waals surface area contributed by atoms with Gasteiger partial charge in [-0.25, -0.2) is 4.98 Å². The molecule has 0 aliphatic carbocycles. The van der Waals surface area contributed by atoms with Crippen molar-refractivity contribution in [3.05, 3.63) is 58.4 Å². The number of thioether (sulfide) groups is 1. The minimum Gasteiger partial charge on any atom is -0.481 e. The van der Waals surface area contributed by atoms with Crippen LogP contribution in [0.25, 0.3) is 0 Å². The van der Waals surface area contributed by atoms with Gasteiger partial charge in [0.05, 0.1) is 6.42 Å². The van der Waals surface area contributed by atoms with Gasteiger partial charge in [-0.15, -0.1) is 11.8 Å². The van der Waals surface area contributed by atoms with Crippen LogP contribution in [-0.4, -0.2) is 21.8 Å². The molecule has 1 N–H and O–H groups in total. The zero-order valence-electron chi connectivity index (χ0n) is 16.1. The Labute approximate surface area is 165 Å². The summed E-state index contributed by atoms with van der Waals surface area (Å²) in [7, 11) is 0. The molecule has 1 aliphatic heterocycles. The van der Waals surface area contributed by atoms with Crippen molar-refractivity contribution in [1.29, 1.82) is 0 Å². The number of carboxylic acids is 1. The summed E-state index contributed by atoms with van der Waals surface area (Å²) < 4.78 is 0. The minimum absolute atomic E-state index is 0.0155. The average molecular weight is 380 g/mol. The SMILES string of the molecule is CCC1(CC)CCSc2cc(C)c(C#Cc3ccc(CC(=O)O)cn3)cc21. The second kappa shape index (κ2) is 8.19. The van der Waals surface area contributed by atoms with Gasteiger partial charge in [0.2, 0.25) is 0 Å². The van der Waals surface area contributed by atoms with Crippen LogP contribution in [0.2, 0.25) is 0 Å². The number of aliphatic carboxylic acids is 1. The van der Waals surface area contributed by atoms with E-state index < -0.39 is 5.97 Å². The summed E-state index contributed by atoms with van der Waals surface area (Å²) in [5.41, 5.74) is 5.31. The van der Waals surface area contributed by atoms with E-state index in [9.17, 15) is 4.79 Å². The van der Waals surface area contributed by atoms with Crippen LogP contribution >= 0.6 is 11.8 Å². The van der Waals surface area contributed by atoms with E-state index >= 15 is 0 Å². The van der Waals surface area contributed by atoms with Gasteiger partial charge in [-0.2, -0.15) is 0 Å². The lowest BCUT2D eigenvalue weighted by atomic mass is 9.73. The molecule has 0 amide bonds. The Morgan fingerprint density at radius 3 is 2.67 bits per heavy atom. The van der Waals surface area contributed by atoms with Crippen LogP contribution in [0.3, 0.4) is 0 Å². The van der Waals surface area contributed by atoms with Crippen molar-refractivity contribution in [2.45, 2.75) is 56.8 Å². The molecule has 140 valence electrons. The normalized spacial score (nSPS) is 14.8. The number of hydrogen-bond donors (Lipinski definition) is 1. The number of carbonyl (C=O) groups is 1. The third-order valence-electron chi connectivity index (χ3n) is 5.59. The lowest BCUT2D eigenvalue weighted by Crippen LogP contribution is -2.29. The molecule has 0 unspecified atom stereocenters. The Morgan fingerprint density at radius 2 is 2.04 bits per heavy atom. The predicted octanol–water partition coefficient (Wildman–Crippen LogP) is 4.97. The lowest BCUT2D eigenvalue weighted by molar-refractivity contribution is -0.136. The molecule has 1 aromatic carbocycles. The van der Waals surface area contributed by atoms with Crippen LogP contribution in [-0.2, 0) is 16.6 Å². The molecule has 0 spiro atoms. The van der Waals surface area contributed by atoms with Gasteiger partial charge < -0.3 is 5.11 Å². The number of carboxylic acid groups (broad SMARTS) is 1. The third-order valence-corrected chi connectivity index (χ3v) is 6.65. The van der Waals surface area contributed by atoms with Crippen LogP contribution < -0.4 is 0 Å². The number of benzene rings is 1. The molecule has 0 radical (unpaired) electrons. The predicted molar refractivity (Wildman–Crippen MR) is 110 cm³/mol. The van der Waals surface area contributed by atoms with E-state index in [1.165, 1.54) is 28.2 Å². The first-order valence-electron chi connectivity index (χ1n) is 9.44. The van der Waals surface area contributed by atoms with E-state index in [0.717, 1.165) is 18.4 Å². The van der Waals surface area contributed by atoms with E-state index in [1.807, 2.05) is 11.8 Å². The van der Waals surface area contributed by atoms with Crippen molar-refractivity contribution in [2.24, 2.45) is 0 Å². The zero-order chi connectivity index (χ0) is 19.4. The van der Waals surface area contributed by atoms with Crippen molar-refractivity contribution < 1.29 is 9.90 Å². The molecule has 0 atom stereocenters. The number of nitrogens with zero attached hydrogens (tertiary/aromatic N) is 1. The maximum Gasteiger partial charge on any atom is 0.307 e. The van der Waals surface area contributed by atoms with Crippen LogP contribution in [0.1, 0.15) is 61.1 Å². The smallest absolute Gasteiger partial charge is 0.307 e. The summed E-state index contributed by atoms with van der Waals surface area (Å²) in [6.07, 6.45) is 5.10. The van der Waals surface area contributed by atoms with Crippen molar-refractivity contribution in [3.8, 4) is 11.8 Å². The topological polar surface area (TPSA) is 50.2 Å². The molecule has 27 heavy (non-hydrogen) atoms. The van der Waals surface area contributed by atoms with Crippen molar-refractivity contribution in [1.82, 2.24) is 4.98 Å². The number of aromatic nitrogens is 1. The van der Waals surface area contributed by atoms with E-state index in [4.69, 9.17) is 5.11 Å². The fraction of sp³-hybridized carbons (Fsp3) is 0.391. The number of pyridine rings is 1. The van der Waals surface area contributed by atoms with Crippen LogP contribution in [0.15, 0.2) is 35.4 Å². The first kappa shape index (κ1) is 19.5. The highest BCUT2D eigenvalue weighted by Crippen LogP contribution is 2.46. The Balaban J connectivity index is 1.93. The summed E-state index contributed by atoms with van der Waals surface area (Å²) in [5.74, 6) is 6.76. The molecule has 1 aliphatic rings. The van der Waals surface area contributed by atoms with Gasteiger partial charge >= 0.3 is 5.97 Å². The van der Waals surface area contributed by atoms with Gasteiger partial charge in [-0.3, -0.25) is 4.79 Å². The number of aryl methyl sites for hydroxylation is 1. The van der Waals surface area contributed by atoms with Gasteiger partial charge in [-0.1, -0.05) is 25.8 Å². The van der Waals surface area contributed by atoms with E-state index in [1.54, 1.807) is 18.3 Å². The molecule has 1 aromatic heterocycles. The molecule has 3 rings (SSSR count). The molecule has 0 saturated carbocycles. The average Bonchev–Trinajstić information content (AvgIpc) is 2.66. The fourth-order valence-corrected chi connectivity index (χ4v) is 5.14. The standard InChI is InChI=1S/C23H25NO2S/c1-4-23(5-2)10-11-27-21-12-16(3)18(14-20(21)23)7-9-19-8-6-17(15-24-19)13-22(25)26/h6,8,12,14-15H,4-5,10-11,13H2,1-3H3,(H,25,26). The summed E-state index contributed by atoms with van der Waals surface area (Å²) in [6, 6.07) is 8.14. The summed E-state index contributed by atoms with van der Waals surface area (Å²) >= 11 is 1.96. The third kappa shape index (κ3) is 4.20. The molecule has 3 nitrogen and oxygen atoms in total. The van der Waals surface area contributed by atoms with Gasteiger partial charge in [0.15, 0.2) is 0 Å². The highest BCUT2D eigenvalue weighted by Gasteiger charge is 2.34. The molecule has 2 heterocycles. The van der Waals surface area contributed by atoms with Crippen LogP contribution in [0, 0.1) is 18.8 Å². The first-order valence-corrected chi connectivity index (χ1v) is 10.4.